The molecular weight excluding hydrogens is 288 g/mol. The van der Waals surface area contributed by atoms with Crippen LogP contribution in [0, 0.1) is 13.8 Å². The Bertz CT molecular complexity index is 595. The van der Waals surface area contributed by atoms with Crippen molar-refractivity contribution < 1.29 is 9.32 Å². The Morgan fingerprint density at radius 3 is 2.76 bits per heavy atom. The van der Waals surface area contributed by atoms with Crippen molar-refractivity contribution in [3.63, 3.8) is 0 Å². The smallest absolute Gasteiger partial charge is 0.257 e. The summed E-state index contributed by atoms with van der Waals surface area (Å²) in [6.07, 6.45) is 3.68. The highest BCUT2D eigenvalue weighted by Crippen LogP contribution is 2.22. The van der Waals surface area contributed by atoms with Crippen LogP contribution in [-0.4, -0.2) is 35.2 Å². The van der Waals surface area contributed by atoms with Crippen molar-refractivity contribution in [3.8, 4) is 0 Å². The van der Waals surface area contributed by atoms with Crippen molar-refractivity contribution in [3.05, 3.63) is 28.6 Å². The molecule has 1 amide bonds. The van der Waals surface area contributed by atoms with Gasteiger partial charge in [0.25, 0.3) is 5.91 Å². The van der Waals surface area contributed by atoms with Gasteiger partial charge in [0, 0.05) is 30.7 Å². The number of aromatic nitrogens is 2. The minimum Gasteiger partial charge on any atom is -0.361 e. The Balaban J connectivity index is 1.57. The molecule has 0 saturated carbocycles. The van der Waals surface area contributed by atoms with E-state index >= 15 is 0 Å². The van der Waals surface area contributed by atoms with Crippen LogP contribution in [0.2, 0.25) is 0 Å². The largest absolute Gasteiger partial charge is 0.361 e. The maximum atomic E-state index is 12.3. The van der Waals surface area contributed by atoms with Gasteiger partial charge in [0.1, 0.15) is 11.3 Å². The molecule has 7 heteroatoms. The van der Waals surface area contributed by atoms with Gasteiger partial charge >= 0.3 is 0 Å². The van der Waals surface area contributed by atoms with Crippen molar-refractivity contribution in [1.82, 2.24) is 15.5 Å². The third kappa shape index (κ3) is 2.92. The Morgan fingerprint density at radius 1 is 1.43 bits per heavy atom. The first-order chi connectivity index (χ1) is 10.1. The maximum Gasteiger partial charge on any atom is 0.257 e. The van der Waals surface area contributed by atoms with Gasteiger partial charge in [-0.25, -0.2) is 4.98 Å². The lowest BCUT2D eigenvalue weighted by atomic mass is 10.0. The van der Waals surface area contributed by atoms with Crippen molar-refractivity contribution in [2.75, 3.05) is 18.0 Å². The number of rotatable bonds is 3. The normalized spacial score (nSPS) is 16.2. The first kappa shape index (κ1) is 14.1. The predicted octanol–water partition coefficient (Wildman–Crippen LogP) is 2.15. The summed E-state index contributed by atoms with van der Waals surface area (Å²) in [7, 11) is 0. The number of thiazole rings is 1. The minimum atomic E-state index is -0.0843. The average Bonchev–Trinajstić information content (AvgIpc) is 3.10. The van der Waals surface area contributed by atoms with E-state index in [1.54, 1.807) is 25.2 Å². The van der Waals surface area contributed by atoms with E-state index < -0.39 is 0 Å². The van der Waals surface area contributed by atoms with Crippen LogP contribution in [0.15, 0.2) is 16.1 Å². The maximum absolute atomic E-state index is 12.3. The first-order valence-corrected chi connectivity index (χ1v) is 7.91. The van der Waals surface area contributed by atoms with E-state index in [1.165, 1.54) is 0 Å². The lowest BCUT2D eigenvalue weighted by Crippen LogP contribution is -2.44. The number of nitrogens with one attached hydrogen (secondary N) is 1. The molecule has 0 aromatic carbocycles. The zero-order valence-corrected chi connectivity index (χ0v) is 12.9. The summed E-state index contributed by atoms with van der Waals surface area (Å²) < 4.78 is 5.05. The zero-order chi connectivity index (χ0) is 14.8. The van der Waals surface area contributed by atoms with Gasteiger partial charge in [-0.1, -0.05) is 5.16 Å². The molecule has 0 atom stereocenters. The van der Waals surface area contributed by atoms with Crippen LogP contribution in [-0.2, 0) is 0 Å². The third-order valence-electron chi connectivity index (χ3n) is 3.78. The Labute approximate surface area is 127 Å². The Morgan fingerprint density at radius 2 is 2.19 bits per heavy atom. The van der Waals surface area contributed by atoms with E-state index in [2.05, 4.69) is 20.4 Å². The van der Waals surface area contributed by atoms with Crippen LogP contribution in [0.1, 0.15) is 34.7 Å². The van der Waals surface area contributed by atoms with Gasteiger partial charge in [0.15, 0.2) is 5.13 Å². The molecule has 3 heterocycles. The molecule has 1 aliphatic rings. The minimum absolute atomic E-state index is 0.0843. The molecule has 0 aliphatic carbocycles. The van der Waals surface area contributed by atoms with Gasteiger partial charge in [-0.05, 0) is 26.7 Å². The Kier molecular flexibility index (Phi) is 3.92. The van der Waals surface area contributed by atoms with Crippen LogP contribution in [0.5, 0.6) is 0 Å². The number of hydrogen-bond donors (Lipinski definition) is 1. The highest BCUT2D eigenvalue weighted by Gasteiger charge is 2.24. The third-order valence-corrected chi connectivity index (χ3v) is 4.61. The van der Waals surface area contributed by atoms with Gasteiger partial charge in [-0.2, -0.15) is 0 Å². The number of carbonyl (C=O) groups is 1. The summed E-state index contributed by atoms with van der Waals surface area (Å²) in [6.45, 7) is 5.39. The quantitative estimate of drug-likeness (QED) is 0.940. The van der Waals surface area contributed by atoms with Gasteiger partial charge < -0.3 is 14.7 Å². The van der Waals surface area contributed by atoms with E-state index in [0.29, 0.717) is 17.0 Å². The fraction of sp³-hybridized carbons (Fsp3) is 0.500. The molecule has 0 bridgehead atoms. The van der Waals surface area contributed by atoms with Crippen LogP contribution in [0.4, 0.5) is 5.13 Å². The molecule has 112 valence electrons. The molecule has 1 aliphatic heterocycles. The van der Waals surface area contributed by atoms with E-state index in [4.69, 9.17) is 4.52 Å². The van der Waals surface area contributed by atoms with E-state index in [-0.39, 0.29) is 11.9 Å². The molecule has 3 rings (SSSR count). The Hall–Kier alpha value is -1.89. The lowest BCUT2D eigenvalue weighted by Gasteiger charge is -2.32. The molecule has 2 aromatic heterocycles. The van der Waals surface area contributed by atoms with Crippen molar-refractivity contribution in [2.24, 2.45) is 0 Å². The summed E-state index contributed by atoms with van der Waals surface area (Å²) in [5, 5.41) is 9.96. The number of nitrogens with zero attached hydrogens (tertiary/aromatic N) is 3. The number of hydrogen-bond acceptors (Lipinski definition) is 6. The molecular formula is C14H18N4O2S. The van der Waals surface area contributed by atoms with Gasteiger partial charge in [-0.15, -0.1) is 11.3 Å². The van der Waals surface area contributed by atoms with Crippen molar-refractivity contribution in [1.29, 1.82) is 0 Å². The van der Waals surface area contributed by atoms with Gasteiger partial charge in [0.2, 0.25) is 0 Å². The van der Waals surface area contributed by atoms with Crippen LogP contribution < -0.4 is 10.2 Å². The van der Waals surface area contributed by atoms with Gasteiger partial charge in [-0.3, -0.25) is 4.79 Å². The number of piperidine rings is 1. The number of aryl methyl sites for hydroxylation is 2. The van der Waals surface area contributed by atoms with Crippen LogP contribution in [0.3, 0.4) is 0 Å². The molecule has 6 nitrogen and oxygen atoms in total. The topological polar surface area (TPSA) is 71.3 Å². The van der Waals surface area contributed by atoms with E-state index in [0.717, 1.165) is 31.1 Å². The summed E-state index contributed by atoms with van der Waals surface area (Å²) in [5.74, 6) is 0.490. The second-order valence-electron chi connectivity index (χ2n) is 5.25. The fourth-order valence-corrected chi connectivity index (χ4v) is 3.35. The monoisotopic (exact) mass is 306 g/mol. The lowest BCUT2D eigenvalue weighted by molar-refractivity contribution is 0.0929. The van der Waals surface area contributed by atoms with Crippen molar-refractivity contribution >= 4 is 22.4 Å². The van der Waals surface area contributed by atoms with Crippen molar-refractivity contribution in [2.45, 2.75) is 32.7 Å². The highest BCUT2D eigenvalue weighted by atomic mass is 32.1. The summed E-state index contributed by atoms with van der Waals surface area (Å²) >= 11 is 1.65. The van der Waals surface area contributed by atoms with Crippen LogP contribution in [0.25, 0.3) is 0 Å². The average molecular weight is 306 g/mol. The highest BCUT2D eigenvalue weighted by molar-refractivity contribution is 7.13. The SMILES string of the molecule is Cc1noc(C)c1C(=O)NC1CCN(c2nccs2)CC1. The number of carbonyl (C=O) groups excluding carboxylic acids is 1. The second-order valence-corrected chi connectivity index (χ2v) is 6.12. The summed E-state index contributed by atoms with van der Waals surface area (Å²) in [5.41, 5.74) is 1.21. The van der Waals surface area contributed by atoms with E-state index in [1.807, 2.05) is 11.6 Å². The molecule has 2 aromatic rings. The molecule has 0 radical (unpaired) electrons. The summed E-state index contributed by atoms with van der Waals surface area (Å²) in [4.78, 5) is 18.9. The second kappa shape index (κ2) is 5.85. The van der Waals surface area contributed by atoms with Crippen LogP contribution >= 0.6 is 11.3 Å². The predicted molar refractivity (Wildman–Crippen MR) is 80.8 cm³/mol. The first-order valence-electron chi connectivity index (χ1n) is 7.03. The molecule has 1 fully saturated rings. The molecule has 1 saturated heterocycles. The summed E-state index contributed by atoms with van der Waals surface area (Å²) in [6, 6.07) is 0.197. The van der Waals surface area contributed by atoms with Gasteiger partial charge in [0.05, 0.1) is 5.69 Å². The molecule has 0 spiro atoms. The zero-order valence-electron chi connectivity index (χ0n) is 12.1. The van der Waals surface area contributed by atoms with E-state index in [9.17, 15) is 4.79 Å². The number of anilines is 1. The number of amides is 1. The standard InChI is InChI=1S/C14H18N4O2S/c1-9-12(10(2)20-17-9)13(19)16-11-3-6-18(7-4-11)14-15-5-8-21-14/h5,8,11H,3-4,6-7H2,1-2H3,(H,16,19). The molecule has 1 N–H and O–H groups in total. The molecule has 0 unspecified atom stereocenters. The fourth-order valence-electron chi connectivity index (χ4n) is 2.65. The molecule has 21 heavy (non-hydrogen) atoms.